The molecule has 0 unspecified atom stereocenters. The predicted molar refractivity (Wildman–Crippen MR) is 8.88 cm³/mol. The first kappa shape index (κ1) is 15.7. The average Bonchev–Trinajstić information content (AvgIpc) is 1.36. The van der Waals surface area contributed by atoms with Crippen molar-refractivity contribution in [2.45, 2.75) is 0 Å². The molecule has 0 fully saturated rings. The molecule has 0 rings (SSSR count). The average molecular weight is 168 g/mol. The van der Waals surface area contributed by atoms with Crippen molar-refractivity contribution in [3.8, 4) is 0 Å². The molecule has 0 amide bonds. The van der Waals surface area contributed by atoms with Gasteiger partial charge in [-0.3, -0.25) is 0 Å². The third kappa shape index (κ3) is 379000. The molecule has 8 heteroatoms. The Hall–Kier alpha value is 0.0200. The smallest absolute Gasteiger partial charge is 0.0903 e. The lowest BCUT2D eigenvalue weighted by Gasteiger charge is -2.17. The van der Waals surface area contributed by atoms with Gasteiger partial charge in [0.15, 0.2) is 0 Å². The zero-order valence-corrected chi connectivity index (χ0v) is 5.02. The summed E-state index contributed by atoms with van der Waals surface area (Å²) < 4.78 is 34.0. The molecule has 1 N–H and O–H groups in total. The van der Waals surface area contributed by atoms with Crippen LogP contribution in [0.1, 0.15) is 0 Å². The van der Waals surface area contributed by atoms with Crippen molar-refractivity contribution in [3.05, 3.63) is 4.91 Å². The Morgan fingerprint density at radius 3 is 1.00 bits per heavy atom. The van der Waals surface area contributed by atoms with Crippen LogP contribution in [0.2, 0.25) is 0 Å². The lowest BCUT2D eigenvalue weighted by atomic mass is 13.8. The summed E-state index contributed by atoms with van der Waals surface area (Å²) in [5.74, 6) is 0. The van der Waals surface area contributed by atoms with Crippen molar-refractivity contribution in [1.82, 2.24) is 0 Å². The Morgan fingerprint density at radius 1 is 1.00 bits per heavy atom. The van der Waals surface area contributed by atoms with E-state index in [0.29, 0.717) is 0 Å². The zero-order valence-electron chi connectivity index (χ0n) is 3.37. The van der Waals surface area contributed by atoms with Gasteiger partial charge in [-0.25, -0.2) is 18.6 Å². The highest BCUT2D eigenvalue weighted by Gasteiger charge is 1.84. The van der Waals surface area contributed by atoms with Crippen LogP contribution >= 0.6 is 0 Å². The van der Waals surface area contributed by atoms with Crippen molar-refractivity contribution in [2.75, 3.05) is 0 Å². The Bertz CT molecular complexity index is 34.2. The summed E-state index contributed by atoms with van der Waals surface area (Å²) in [5, 5.41) is 0. The van der Waals surface area contributed by atoms with Gasteiger partial charge in [0.2, 0.25) is 0 Å². The molecule has 0 aliphatic rings. The first-order valence-corrected chi connectivity index (χ1v) is 2.06. The largest absolute Gasteiger partial charge is 0.222 e. The second kappa shape index (κ2) is 7.02. The Morgan fingerprint density at radius 2 is 1.00 bits per heavy atom. The number of hydrogen-bond acceptors (Lipinski definition) is 6. The van der Waals surface area contributed by atoms with E-state index < -0.39 is 10.2 Å². The minimum Gasteiger partial charge on any atom is -0.222 e. The van der Waals surface area contributed by atoms with Gasteiger partial charge >= 0.3 is 0 Å². The van der Waals surface area contributed by atoms with E-state index in [2.05, 4.69) is 5.59 Å². The van der Waals surface area contributed by atoms with E-state index in [1.807, 2.05) is 0 Å². The minimum atomic E-state index is -4.94. The second-order valence-corrected chi connectivity index (χ2v) is 1.13. The van der Waals surface area contributed by atoms with Gasteiger partial charge < -0.3 is 0 Å². The molecule has 0 heterocycles. The minimum absolute atomic E-state index is 0. The van der Waals surface area contributed by atoms with Gasteiger partial charge in [-0.15, -0.1) is 10.2 Å². The lowest BCUT2D eigenvalue weighted by molar-refractivity contribution is -2.00. The lowest BCUT2D eigenvalue weighted by Crippen LogP contribution is -2.68. The molecule has 0 radical (unpaired) electrons. The zero-order chi connectivity index (χ0) is 6.50. The monoisotopic (exact) mass is 167 g/mol. The highest BCUT2D eigenvalue weighted by Crippen LogP contribution is 1.49. The van der Waals surface area contributed by atoms with Crippen LogP contribution in [0.25, 0.3) is 0 Å². The van der Waals surface area contributed by atoms with Crippen LogP contribution < -0.4 is 18.6 Å². The second-order valence-electron chi connectivity index (χ2n) is 0.378. The van der Waals surface area contributed by atoms with Gasteiger partial charge in [-0.2, -0.15) is 4.91 Å². The quantitative estimate of drug-likeness (QED) is 0.361. The topological polar surface area (TPSA) is 133 Å². The van der Waals surface area contributed by atoms with Crippen molar-refractivity contribution in [3.63, 3.8) is 0 Å². The van der Waals surface area contributed by atoms with Crippen molar-refractivity contribution in [2.24, 2.45) is 0 Å². The van der Waals surface area contributed by atoms with Crippen LogP contribution in [-0.2, 0) is 0 Å². The fraction of sp³-hybridized carbons (Fsp3) is 0. The van der Waals surface area contributed by atoms with E-state index >= 15 is 0 Å². The van der Waals surface area contributed by atoms with Crippen LogP contribution in [-0.4, -0.2) is 0 Å². The molecular weight excluding hydrogens is 165 g/mol. The summed E-state index contributed by atoms with van der Waals surface area (Å²) in [5.41, 5.74) is 4.50. The number of nitrogens with one attached hydrogen (secondary N) is 1. The normalized spacial score (nSPS) is 8.00. The van der Waals surface area contributed by atoms with E-state index in [-0.39, 0.29) is 12.4 Å². The van der Waals surface area contributed by atoms with E-state index in [9.17, 15) is 0 Å². The fourth-order valence-electron chi connectivity index (χ4n) is 0. The maximum atomic E-state index is 8.49. The third-order valence-corrected chi connectivity index (χ3v) is 0. The molecule has 0 saturated carbocycles. The molecule has 0 spiro atoms. The molecule has 0 saturated heterocycles. The first-order valence-electron chi connectivity index (χ1n) is 0.821. The standard InChI is InChI=1S/ClHO4.ClH2.HNO/c2-1(3,4)5;;1-2/h(H,2,3,4,5);1H2;1H/q;+1;/p-1. The summed E-state index contributed by atoms with van der Waals surface area (Å²) in [6, 6.07) is 0. The van der Waals surface area contributed by atoms with Crippen molar-refractivity contribution < 1.29 is 41.3 Å². The maximum Gasteiger partial charge on any atom is 0.0903 e. The summed E-state index contributed by atoms with van der Waals surface area (Å²) in [7, 11) is -4.94. The molecule has 0 atom stereocenters. The number of rotatable bonds is 0. The fourth-order valence-corrected chi connectivity index (χ4v) is 0. The molecule has 8 heavy (non-hydrogen) atoms. The number of halogens is 2. The third-order valence-electron chi connectivity index (χ3n) is 0. The molecule has 0 aliphatic carbocycles. The Labute approximate surface area is 52.7 Å². The van der Waals surface area contributed by atoms with E-state index in [1.165, 1.54) is 0 Å². The summed E-state index contributed by atoms with van der Waals surface area (Å²) in [4.78, 5) is 7.50. The van der Waals surface area contributed by atoms with Gasteiger partial charge in [-0.1, -0.05) is 5.59 Å². The first-order chi connectivity index (χ1) is 3.00. The highest BCUT2D eigenvalue weighted by atomic mass is 35.7. The molecule has 0 aromatic heterocycles. The van der Waals surface area contributed by atoms with Gasteiger partial charge in [0, 0.05) is 0 Å². The molecule has 0 aliphatic heterocycles. The molecule has 0 aromatic carbocycles. The molecule has 0 bridgehead atoms. The Kier molecular flexibility index (Phi) is 13.8. The van der Waals surface area contributed by atoms with Gasteiger partial charge in [0.25, 0.3) is 0 Å². The molecular formula is H3Cl2NO5. The SMILES string of the molecule is N=O.[ClH2+].[O-][Cl+3]([O-])([O-])[O-]. The van der Waals surface area contributed by atoms with Crippen LogP contribution in [0.15, 0.2) is 0 Å². The molecule has 52 valence electrons. The van der Waals surface area contributed by atoms with Gasteiger partial charge in [0.05, 0.1) is 12.4 Å². The molecule has 6 nitrogen and oxygen atoms in total. The molecule has 0 aromatic rings. The summed E-state index contributed by atoms with van der Waals surface area (Å²) in [6.07, 6.45) is 0. The van der Waals surface area contributed by atoms with Crippen LogP contribution in [0.4, 0.5) is 0 Å². The van der Waals surface area contributed by atoms with E-state index in [1.54, 1.807) is 0 Å². The summed E-state index contributed by atoms with van der Waals surface area (Å²) >= 11 is 0. The van der Waals surface area contributed by atoms with Crippen LogP contribution in [0.3, 0.4) is 0 Å². The number of hydrogen-bond donors (Lipinski definition) is 1. The Balaban J connectivity index is -0.0000000750. The highest BCUT2D eigenvalue weighted by molar-refractivity contribution is 3.63. The van der Waals surface area contributed by atoms with Crippen molar-refractivity contribution >= 4 is 0 Å². The van der Waals surface area contributed by atoms with Crippen LogP contribution in [0.5, 0.6) is 0 Å². The maximum absolute atomic E-state index is 8.49. The van der Waals surface area contributed by atoms with Crippen LogP contribution in [0, 0.1) is 33.2 Å². The summed E-state index contributed by atoms with van der Waals surface area (Å²) in [6.45, 7) is 0. The van der Waals surface area contributed by atoms with Gasteiger partial charge in [0.1, 0.15) is 0 Å². The predicted octanol–water partition coefficient (Wildman–Crippen LogP) is -4.96. The van der Waals surface area contributed by atoms with Crippen molar-refractivity contribution in [1.29, 1.82) is 5.59 Å². The van der Waals surface area contributed by atoms with E-state index in [4.69, 9.17) is 23.5 Å². The van der Waals surface area contributed by atoms with E-state index in [0.717, 1.165) is 0 Å². The number of nitroso groups, excluding NO2 is 1. The van der Waals surface area contributed by atoms with Gasteiger partial charge in [-0.05, 0) is 0 Å².